The molecule has 1 fully saturated rings. The lowest BCUT2D eigenvalue weighted by Gasteiger charge is -2.34. The van der Waals surface area contributed by atoms with Crippen LogP contribution in [0.2, 0.25) is 0 Å². The summed E-state index contributed by atoms with van der Waals surface area (Å²) in [6.45, 7) is 0. The number of rotatable bonds is 3. The molecule has 0 bridgehead atoms. The van der Waals surface area contributed by atoms with E-state index in [1.807, 2.05) is 4.90 Å². The normalized spacial score (nSPS) is 18.3. The van der Waals surface area contributed by atoms with Crippen molar-refractivity contribution >= 4 is 5.78 Å². The summed E-state index contributed by atoms with van der Waals surface area (Å²) in [6, 6.07) is 0.890. The SMILES string of the molecule is CN(C)C1(C(=O)c2cc(F)ncc2F)CCCC1. The molecule has 0 radical (unpaired) electrons. The predicted molar refractivity (Wildman–Crippen MR) is 63.4 cm³/mol. The highest BCUT2D eigenvalue weighted by Crippen LogP contribution is 2.37. The minimum atomic E-state index is -0.827. The van der Waals surface area contributed by atoms with Gasteiger partial charge in [0.05, 0.1) is 17.3 Å². The standard InChI is InChI=1S/C13H16F2N2O/c1-17(2)13(5-3-4-6-13)12(18)9-7-11(15)16-8-10(9)14/h7-8H,3-6H2,1-2H3. The van der Waals surface area contributed by atoms with Crippen LogP contribution in [0.3, 0.4) is 0 Å². The Labute approximate surface area is 105 Å². The minimum Gasteiger partial charge on any atom is -0.297 e. The molecule has 3 nitrogen and oxygen atoms in total. The Kier molecular flexibility index (Phi) is 3.43. The Balaban J connectivity index is 2.43. The van der Waals surface area contributed by atoms with Crippen LogP contribution in [-0.2, 0) is 0 Å². The Bertz CT molecular complexity index is 468. The van der Waals surface area contributed by atoms with Crippen molar-refractivity contribution in [3.05, 3.63) is 29.6 Å². The summed E-state index contributed by atoms with van der Waals surface area (Å²) in [5.41, 5.74) is -0.896. The van der Waals surface area contributed by atoms with Crippen molar-refractivity contribution in [2.45, 2.75) is 31.2 Å². The van der Waals surface area contributed by atoms with Gasteiger partial charge in [-0.1, -0.05) is 12.8 Å². The number of nitrogens with zero attached hydrogens (tertiary/aromatic N) is 2. The molecule has 0 N–H and O–H groups in total. The molecule has 0 unspecified atom stereocenters. The third-order valence-corrected chi connectivity index (χ3v) is 3.78. The molecule has 1 aromatic heterocycles. The molecule has 0 spiro atoms. The number of hydrogen-bond donors (Lipinski definition) is 0. The van der Waals surface area contributed by atoms with Gasteiger partial charge in [-0.05, 0) is 26.9 Å². The molecule has 1 heterocycles. The lowest BCUT2D eigenvalue weighted by molar-refractivity contribution is 0.0688. The molecule has 1 aliphatic rings. The summed E-state index contributed by atoms with van der Waals surface area (Å²) in [6.07, 6.45) is 3.99. The van der Waals surface area contributed by atoms with Gasteiger partial charge >= 0.3 is 0 Å². The van der Waals surface area contributed by atoms with Gasteiger partial charge in [0.2, 0.25) is 5.95 Å². The second-order valence-electron chi connectivity index (χ2n) is 4.95. The monoisotopic (exact) mass is 254 g/mol. The van der Waals surface area contributed by atoms with Gasteiger partial charge in [-0.25, -0.2) is 9.37 Å². The lowest BCUT2D eigenvalue weighted by Crippen LogP contribution is -2.49. The summed E-state index contributed by atoms with van der Waals surface area (Å²) in [5.74, 6) is -1.93. The Morgan fingerprint density at radius 1 is 1.33 bits per heavy atom. The van der Waals surface area contributed by atoms with Gasteiger partial charge in [-0.2, -0.15) is 4.39 Å². The van der Waals surface area contributed by atoms with Gasteiger partial charge in [0, 0.05) is 6.07 Å². The molecule has 1 aromatic rings. The summed E-state index contributed by atoms with van der Waals surface area (Å²) >= 11 is 0. The fourth-order valence-electron chi connectivity index (χ4n) is 2.68. The number of likely N-dealkylation sites (N-methyl/N-ethyl adjacent to an activating group) is 1. The van der Waals surface area contributed by atoms with Crippen molar-refractivity contribution in [3.8, 4) is 0 Å². The van der Waals surface area contributed by atoms with Crippen LogP contribution in [0.5, 0.6) is 0 Å². The van der Waals surface area contributed by atoms with E-state index in [0.717, 1.165) is 25.1 Å². The Morgan fingerprint density at radius 3 is 2.50 bits per heavy atom. The zero-order chi connectivity index (χ0) is 13.3. The van der Waals surface area contributed by atoms with Crippen LogP contribution in [0, 0.1) is 11.8 Å². The molecule has 0 aliphatic heterocycles. The molecule has 0 amide bonds. The maximum absolute atomic E-state index is 13.6. The van der Waals surface area contributed by atoms with E-state index in [1.54, 1.807) is 14.1 Å². The summed E-state index contributed by atoms with van der Waals surface area (Å²) in [5, 5.41) is 0. The first-order chi connectivity index (χ1) is 8.47. The van der Waals surface area contributed by atoms with Crippen LogP contribution >= 0.6 is 0 Å². The van der Waals surface area contributed by atoms with Gasteiger partial charge in [0.1, 0.15) is 0 Å². The van der Waals surface area contributed by atoms with E-state index in [-0.39, 0.29) is 11.3 Å². The quantitative estimate of drug-likeness (QED) is 0.613. The van der Waals surface area contributed by atoms with E-state index in [2.05, 4.69) is 4.98 Å². The zero-order valence-corrected chi connectivity index (χ0v) is 10.5. The molecule has 0 atom stereocenters. The van der Waals surface area contributed by atoms with Crippen molar-refractivity contribution in [3.63, 3.8) is 0 Å². The van der Waals surface area contributed by atoms with Crippen molar-refractivity contribution in [1.29, 1.82) is 0 Å². The highest BCUT2D eigenvalue weighted by molar-refractivity contribution is 6.03. The average molecular weight is 254 g/mol. The van der Waals surface area contributed by atoms with Crippen molar-refractivity contribution in [2.24, 2.45) is 0 Å². The molecule has 2 rings (SSSR count). The number of pyridine rings is 1. The molecule has 0 aromatic carbocycles. The van der Waals surface area contributed by atoms with E-state index < -0.39 is 17.3 Å². The summed E-state index contributed by atoms with van der Waals surface area (Å²) in [4.78, 5) is 17.5. The van der Waals surface area contributed by atoms with Crippen LogP contribution in [0.15, 0.2) is 12.3 Å². The van der Waals surface area contributed by atoms with Crippen LogP contribution in [-0.4, -0.2) is 35.3 Å². The van der Waals surface area contributed by atoms with Gasteiger partial charge in [-0.15, -0.1) is 0 Å². The zero-order valence-electron chi connectivity index (χ0n) is 10.5. The van der Waals surface area contributed by atoms with E-state index in [1.165, 1.54) is 0 Å². The van der Waals surface area contributed by atoms with Crippen LogP contribution < -0.4 is 0 Å². The Morgan fingerprint density at radius 2 is 1.94 bits per heavy atom. The van der Waals surface area contributed by atoms with E-state index >= 15 is 0 Å². The second-order valence-corrected chi connectivity index (χ2v) is 4.95. The maximum Gasteiger partial charge on any atom is 0.213 e. The lowest BCUT2D eigenvalue weighted by atomic mass is 9.86. The largest absolute Gasteiger partial charge is 0.297 e. The smallest absolute Gasteiger partial charge is 0.213 e. The Hall–Kier alpha value is -1.36. The van der Waals surface area contributed by atoms with E-state index in [0.29, 0.717) is 12.8 Å². The minimum absolute atomic E-state index is 0.196. The van der Waals surface area contributed by atoms with Gasteiger partial charge < -0.3 is 0 Å². The van der Waals surface area contributed by atoms with Crippen molar-refractivity contribution in [2.75, 3.05) is 14.1 Å². The number of carbonyl (C=O) groups excluding carboxylic acids is 1. The highest BCUT2D eigenvalue weighted by atomic mass is 19.1. The van der Waals surface area contributed by atoms with Crippen molar-refractivity contribution in [1.82, 2.24) is 9.88 Å². The first-order valence-electron chi connectivity index (χ1n) is 6.01. The highest BCUT2D eigenvalue weighted by Gasteiger charge is 2.44. The molecule has 1 saturated carbocycles. The number of carbonyl (C=O) groups is 1. The maximum atomic E-state index is 13.6. The van der Waals surface area contributed by atoms with Crippen LogP contribution in [0.4, 0.5) is 8.78 Å². The predicted octanol–water partition coefficient (Wildman–Crippen LogP) is 2.42. The number of halogens is 2. The third kappa shape index (κ3) is 2.03. The second kappa shape index (κ2) is 4.72. The molecule has 98 valence electrons. The fraction of sp³-hybridized carbons (Fsp3) is 0.538. The molecule has 18 heavy (non-hydrogen) atoms. The number of aromatic nitrogens is 1. The van der Waals surface area contributed by atoms with Gasteiger partial charge in [0.15, 0.2) is 11.6 Å². The van der Waals surface area contributed by atoms with E-state index in [9.17, 15) is 13.6 Å². The number of hydrogen-bond acceptors (Lipinski definition) is 3. The molecular weight excluding hydrogens is 238 g/mol. The van der Waals surface area contributed by atoms with E-state index in [4.69, 9.17) is 0 Å². The molecular formula is C13H16F2N2O. The molecule has 1 aliphatic carbocycles. The number of Topliss-reactive ketones (excluding diaryl/α,β-unsaturated/α-hetero) is 1. The van der Waals surface area contributed by atoms with Crippen molar-refractivity contribution < 1.29 is 13.6 Å². The average Bonchev–Trinajstić information content (AvgIpc) is 2.82. The topological polar surface area (TPSA) is 33.2 Å². The molecule has 0 saturated heterocycles. The molecule has 5 heteroatoms. The third-order valence-electron chi connectivity index (χ3n) is 3.78. The number of ketones is 1. The van der Waals surface area contributed by atoms with Crippen LogP contribution in [0.25, 0.3) is 0 Å². The summed E-state index contributed by atoms with van der Waals surface area (Å²) in [7, 11) is 3.61. The van der Waals surface area contributed by atoms with Gasteiger partial charge in [-0.3, -0.25) is 9.69 Å². The first-order valence-corrected chi connectivity index (χ1v) is 6.01. The van der Waals surface area contributed by atoms with Crippen LogP contribution in [0.1, 0.15) is 36.0 Å². The van der Waals surface area contributed by atoms with Gasteiger partial charge in [0.25, 0.3) is 0 Å². The fourth-order valence-corrected chi connectivity index (χ4v) is 2.68. The first kappa shape index (κ1) is 13.1. The summed E-state index contributed by atoms with van der Waals surface area (Å²) < 4.78 is 26.7.